The van der Waals surface area contributed by atoms with Crippen molar-refractivity contribution in [2.24, 2.45) is 0 Å². The molecule has 31 heavy (non-hydrogen) atoms. The summed E-state index contributed by atoms with van der Waals surface area (Å²) in [6, 6.07) is 17.2. The summed E-state index contributed by atoms with van der Waals surface area (Å²) in [6.45, 7) is 4.71. The zero-order valence-electron chi connectivity index (χ0n) is 17.4. The Morgan fingerprint density at radius 2 is 1.77 bits per heavy atom. The molecule has 4 rings (SSSR count). The van der Waals surface area contributed by atoms with Gasteiger partial charge >= 0.3 is 5.97 Å². The molecule has 0 amide bonds. The minimum absolute atomic E-state index is 0.0998. The number of ether oxygens (including phenoxy) is 1. The Kier molecular flexibility index (Phi) is 6.60. The second kappa shape index (κ2) is 9.55. The van der Waals surface area contributed by atoms with Gasteiger partial charge in [0.1, 0.15) is 11.0 Å². The maximum atomic E-state index is 13.2. The molecule has 0 aliphatic carbocycles. The van der Waals surface area contributed by atoms with Gasteiger partial charge in [0.15, 0.2) is 0 Å². The number of hydrogen-bond donors (Lipinski definition) is 1. The summed E-state index contributed by atoms with van der Waals surface area (Å²) in [5, 5.41) is 14.2. The topological polar surface area (TPSA) is 84.7 Å². The van der Waals surface area contributed by atoms with Crippen LogP contribution in [-0.4, -0.2) is 55.7 Å². The molecule has 2 aromatic carbocycles. The van der Waals surface area contributed by atoms with Gasteiger partial charge in [-0.05, 0) is 18.6 Å². The third-order valence-corrected chi connectivity index (χ3v) is 7.00. The molecule has 1 aromatic heterocycles. The van der Waals surface area contributed by atoms with Crippen molar-refractivity contribution in [3.63, 3.8) is 0 Å². The van der Waals surface area contributed by atoms with E-state index in [1.165, 1.54) is 0 Å². The van der Waals surface area contributed by atoms with Gasteiger partial charge in [0.05, 0.1) is 36.8 Å². The average molecular weight is 440 g/mol. The van der Waals surface area contributed by atoms with Gasteiger partial charge in [-0.15, -0.1) is 0 Å². The van der Waals surface area contributed by atoms with Gasteiger partial charge in [0.25, 0.3) is 0 Å². The van der Waals surface area contributed by atoms with Gasteiger partial charge in [-0.1, -0.05) is 48.5 Å². The van der Waals surface area contributed by atoms with Gasteiger partial charge in [-0.2, -0.15) is 5.10 Å². The second-order valence-corrected chi connectivity index (χ2v) is 8.86. The van der Waals surface area contributed by atoms with Crippen LogP contribution in [0.4, 0.5) is 0 Å². The van der Waals surface area contributed by atoms with E-state index in [0.717, 1.165) is 21.7 Å². The molecule has 1 unspecified atom stereocenters. The molecule has 3 aromatic rings. The van der Waals surface area contributed by atoms with Crippen LogP contribution in [0.2, 0.25) is 0 Å². The highest BCUT2D eigenvalue weighted by Crippen LogP contribution is 2.27. The number of carboxylic acids is 1. The highest BCUT2D eigenvalue weighted by Gasteiger charge is 2.23. The molecule has 0 radical (unpaired) electrons. The first kappa shape index (κ1) is 21.4. The summed E-state index contributed by atoms with van der Waals surface area (Å²) in [6.07, 6.45) is -0.0998. The number of hydrogen-bond acceptors (Lipinski definition) is 4. The van der Waals surface area contributed by atoms with Crippen LogP contribution in [0.3, 0.4) is 0 Å². The lowest BCUT2D eigenvalue weighted by molar-refractivity contribution is -0.136. The molecule has 1 aliphatic rings. The molecule has 1 aliphatic heterocycles. The van der Waals surface area contributed by atoms with Crippen LogP contribution in [0.15, 0.2) is 59.5 Å². The van der Waals surface area contributed by atoms with Crippen LogP contribution < -0.4 is 0 Å². The van der Waals surface area contributed by atoms with Crippen LogP contribution in [0.1, 0.15) is 16.8 Å². The Balaban J connectivity index is 1.69. The lowest BCUT2D eigenvalue weighted by Gasteiger charge is -2.26. The summed E-state index contributed by atoms with van der Waals surface area (Å²) in [7, 11) is -1.29. The Labute approximate surface area is 183 Å². The van der Waals surface area contributed by atoms with E-state index in [1.807, 2.05) is 70.5 Å². The molecule has 1 fully saturated rings. The van der Waals surface area contributed by atoms with Crippen molar-refractivity contribution in [3.8, 4) is 11.3 Å². The third-order valence-electron chi connectivity index (χ3n) is 5.39. The molecular weight excluding hydrogens is 414 g/mol. The van der Waals surface area contributed by atoms with Crippen molar-refractivity contribution in [1.29, 1.82) is 0 Å². The molecule has 2 heterocycles. The van der Waals surface area contributed by atoms with Gasteiger partial charge in [-0.3, -0.25) is 9.48 Å². The SMILES string of the molecule is Cc1c(CC(=O)O)c(-c2ccccc2)nn1Cc1ccccc1S(=O)N1CCOCC1. The van der Waals surface area contributed by atoms with Crippen molar-refractivity contribution in [1.82, 2.24) is 14.1 Å². The first-order valence-electron chi connectivity index (χ1n) is 10.2. The first-order valence-corrected chi connectivity index (χ1v) is 11.3. The number of carbonyl (C=O) groups is 1. The van der Waals surface area contributed by atoms with Crippen molar-refractivity contribution in [3.05, 3.63) is 71.4 Å². The molecule has 0 spiro atoms. The number of aromatic nitrogens is 2. The minimum atomic E-state index is -1.29. The quantitative estimate of drug-likeness (QED) is 0.612. The number of nitrogens with zero attached hydrogens (tertiary/aromatic N) is 3. The summed E-state index contributed by atoms with van der Waals surface area (Å²) < 4.78 is 22.3. The molecule has 0 saturated carbocycles. The van der Waals surface area contributed by atoms with Crippen LogP contribution in [-0.2, 0) is 33.5 Å². The van der Waals surface area contributed by atoms with Crippen molar-refractivity contribution >= 4 is 17.0 Å². The van der Waals surface area contributed by atoms with E-state index >= 15 is 0 Å². The Morgan fingerprint density at radius 1 is 1.10 bits per heavy atom. The van der Waals surface area contributed by atoms with E-state index in [1.54, 1.807) is 0 Å². The van der Waals surface area contributed by atoms with Gasteiger partial charge in [0.2, 0.25) is 0 Å². The monoisotopic (exact) mass is 439 g/mol. The second-order valence-electron chi connectivity index (χ2n) is 7.41. The van der Waals surface area contributed by atoms with Crippen LogP contribution in [0.5, 0.6) is 0 Å². The van der Waals surface area contributed by atoms with Crippen molar-refractivity contribution < 1.29 is 18.8 Å². The molecule has 1 saturated heterocycles. The summed E-state index contributed by atoms with van der Waals surface area (Å²) in [5.41, 5.74) is 3.95. The summed E-state index contributed by atoms with van der Waals surface area (Å²) in [4.78, 5) is 12.2. The van der Waals surface area contributed by atoms with E-state index in [0.29, 0.717) is 44.1 Å². The lowest BCUT2D eigenvalue weighted by Crippen LogP contribution is -2.37. The van der Waals surface area contributed by atoms with Crippen molar-refractivity contribution in [2.45, 2.75) is 24.8 Å². The van der Waals surface area contributed by atoms with Crippen molar-refractivity contribution in [2.75, 3.05) is 26.3 Å². The zero-order chi connectivity index (χ0) is 21.8. The van der Waals surface area contributed by atoms with Gasteiger partial charge in [0, 0.05) is 29.9 Å². The predicted octanol–water partition coefficient (Wildman–Crippen LogP) is 2.89. The number of benzene rings is 2. The summed E-state index contributed by atoms with van der Waals surface area (Å²) in [5.74, 6) is -0.895. The standard InChI is InChI=1S/C23H25N3O4S/c1-17-20(15-22(27)28)23(18-7-3-2-4-8-18)24-26(17)16-19-9-5-6-10-21(19)31(29)25-11-13-30-14-12-25/h2-10H,11-16H2,1H3,(H,27,28). The van der Waals surface area contributed by atoms with Crippen LogP contribution >= 0.6 is 0 Å². The van der Waals surface area contributed by atoms with Crippen LogP contribution in [0, 0.1) is 6.92 Å². The molecule has 7 nitrogen and oxygen atoms in total. The fourth-order valence-corrected chi connectivity index (χ4v) is 5.06. The van der Waals surface area contributed by atoms with E-state index in [2.05, 4.69) is 0 Å². The molecule has 1 atom stereocenters. The number of morpholine rings is 1. The Bertz CT molecular complexity index is 1090. The minimum Gasteiger partial charge on any atom is -0.481 e. The molecule has 162 valence electrons. The normalized spacial score (nSPS) is 15.6. The third kappa shape index (κ3) is 4.76. The number of carboxylic acid groups (broad SMARTS) is 1. The zero-order valence-corrected chi connectivity index (χ0v) is 18.2. The maximum Gasteiger partial charge on any atom is 0.307 e. The average Bonchev–Trinajstić information content (AvgIpc) is 3.09. The van der Waals surface area contributed by atoms with E-state index in [-0.39, 0.29) is 6.42 Å². The van der Waals surface area contributed by atoms with E-state index < -0.39 is 17.0 Å². The Morgan fingerprint density at radius 3 is 2.48 bits per heavy atom. The largest absolute Gasteiger partial charge is 0.481 e. The van der Waals surface area contributed by atoms with E-state index in [4.69, 9.17) is 9.84 Å². The molecule has 8 heteroatoms. The first-order chi connectivity index (χ1) is 15.0. The van der Waals surface area contributed by atoms with Gasteiger partial charge in [-0.25, -0.2) is 8.51 Å². The lowest BCUT2D eigenvalue weighted by atomic mass is 10.0. The number of rotatable bonds is 7. The summed E-state index contributed by atoms with van der Waals surface area (Å²) >= 11 is 0. The fourth-order valence-electron chi connectivity index (χ4n) is 3.75. The molecule has 1 N–H and O–H groups in total. The smallest absolute Gasteiger partial charge is 0.307 e. The Hall–Kier alpha value is -2.81. The highest BCUT2D eigenvalue weighted by molar-refractivity contribution is 7.82. The predicted molar refractivity (Wildman–Crippen MR) is 118 cm³/mol. The number of aliphatic carboxylic acids is 1. The van der Waals surface area contributed by atoms with Gasteiger partial charge < -0.3 is 9.84 Å². The highest BCUT2D eigenvalue weighted by atomic mass is 32.2. The van der Waals surface area contributed by atoms with E-state index in [9.17, 15) is 14.1 Å². The maximum absolute atomic E-state index is 13.2. The molecular formula is C23H25N3O4S. The van der Waals surface area contributed by atoms with Crippen LogP contribution in [0.25, 0.3) is 11.3 Å². The molecule has 0 bridgehead atoms. The fraction of sp³-hybridized carbons (Fsp3) is 0.304.